The number of nitrogens with zero attached hydrogens (tertiary/aromatic N) is 2. The fourth-order valence-electron chi connectivity index (χ4n) is 2.26. The Hall–Kier alpha value is -1.71. The Balaban J connectivity index is 1.97. The van der Waals surface area contributed by atoms with Crippen LogP contribution in [0.4, 0.5) is 5.69 Å². The van der Waals surface area contributed by atoms with Crippen LogP contribution >= 0.6 is 0 Å². The van der Waals surface area contributed by atoms with E-state index in [0.29, 0.717) is 12.3 Å². The van der Waals surface area contributed by atoms with Gasteiger partial charge in [-0.3, -0.25) is 0 Å². The predicted molar refractivity (Wildman–Crippen MR) is 69.4 cm³/mol. The maximum Gasteiger partial charge on any atom is 0.139 e. The van der Waals surface area contributed by atoms with E-state index in [1.807, 2.05) is 18.2 Å². The Labute approximate surface area is 102 Å². The molecule has 92 valence electrons. The van der Waals surface area contributed by atoms with Crippen molar-refractivity contribution < 1.29 is 5.21 Å². The maximum atomic E-state index is 8.63. The molecule has 1 aromatic carbocycles. The minimum Gasteiger partial charge on any atom is -0.409 e. The van der Waals surface area contributed by atoms with Crippen LogP contribution in [-0.2, 0) is 0 Å². The van der Waals surface area contributed by atoms with Crippen molar-refractivity contribution in [2.75, 3.05) is 18.5 Å². The molecule has 0 aromatic heterocycles. The fourth-order valence-corrected chi connectivity index (χ4v) is 2.26. The number of benzene rings is 1. The van der Waals surface area contributed by atoms with E-state index in [1.165, 1.54) is 5.69 Å². The van der Waals surface area contributed by atoms with Gasteiger partial charge in [-0.2, -0.15) is 0 Å². The molecule has 0 atom stereocenters. The zero-order valence-electron chi connectivity index (χ0n) is 10.1. The van der Waals surface area contributed by atoms with E-state index in [0.717, 1.165) is 19.4 Å². The fraction of sp³-hybridized carbons (Fsp3) is 0.462. The van der Waals surface area contributed by atoms with Crippen LogP contribution in [0.3, 0.4) is 0 Å². The number of amidine groups is 1. The van der Waals surface area contributed by atoms with Crippen LogP contribution in [0.1, 0.15) is 19.3 Å². The van der Waals surface area contributed by atoms with Crippen molar-refractivity contribution in [2.24, 2.45) is 16.3 Å². The van der Waals surface area contributed by atoms with Crippen LogP contribution in [0, 0.1) is 5.41 Å². The zero-order chi connectivity index (χ0) is 12.3. The maximum absolute atomic E-state index is 8.63. The molecule has 0 aliphatic heterocycles. The predicted octanol–water partition coefficient (Wildman–Crippen LogP) is 2.04. The van der Waals surface area contributed by atoms with Crippen LogP contribution in [-0.4, -0.2) is 24.6 Å². The molecule has 2 rings (SSSR count). The summed E-state index contributed by atoms with van der Waals surface area (Å²) in [7, 11) is 2.09. The van der Waals surface area contributed by atoms with Crippen LogP contribution in [0.5, 0.6) is 0 Å². The van der Waals surface area contributed by atoms with Crippen molar-refractivity contribution in [3.63, 3.8) is 0 Å². The van der Waals surface area contributed by atoms with E-state index in [4.69, 9.17) is 10.9 Å². The van der Waals surface area contributed by atoms with E-state index < -0.39 is 0 Å². The lowest BCUT2D eigenvalue weighted by Gasteiger charge is -2.25. The number of rotatable bonds is 5. The van der Waals surface area contributed by atoms with Gasteiger partial charge in [-0.15, -0.1) is 0 Å². The first kappa shape index (κ1) is 11.8. The molecule has 0 radical (unpaired) electrons. The Kier molecular flexibility index (Phi) is 3.22. The van der Waals surface area contributed by atoms with Crippen LogP contribution in [0.15, 0.2) is 35.5 Å². The average Bonchev–Trinajstić information content (AvgIpc) is 3.09. The van der Waals surface area contributed by atoms with Gasteiger partial charge >= 0.3 is 0 Å². The molecule has 0 spiro atoms. The highest BCUT2D eigenvalue weighted by molar-refractivity contribution is 5.80. The van der Waals surface area contributed by atoms with Crippen molar-refractivity contribution in [3.8, 4) is 0 Å². The summed E-state index contributed by atoms with van der Waals surface area (Å²) in [6.45, 7) is 0.952. The normalized spacial score (nSPS) is 17.8. The molecule has 0 amide bonds. The van der Waals surface area contributed by atoms with Gasteiger partial charge in [0.25, 0.3) is 0 Å². The van der Waals surface area contributed by atoms with Crippen LogP contribution < -0.4 is 10.6 Å². The quantitative estimate of drug-likeness (QED) is 0.354. The molecular weight excluding hydrogens is 214 g/mol. The number of para-hydroxylation sites is 1. The van der Waals surface area contributed by atoms with Gasteiger partial charge in [0.1, 0.15) is 5.84 Å². The third kappa shape index (κ3) is 2.90. The molecule has 4 nitrogen and oxygen atoms in total. The van der Waals surface area contributed by atoms with Crippen molar-refractivity contribution in [3.05, 3.63) is 30.3 Å². The van der Waals surface area contributed by atoms with E-state index in [1.54, 1.807) is 0 Å². The Morgan fingerprint density at radius 2 is 2.06 bits per heavy atom. The second-order valence-electron chi connectivity index (χ2n) is 4.96. The zero-order valence-corrected chi connectivity index (χ0v) is 10.1. The van der Waals surface area contributed by atoms with Gasteiger partial charge < -0.3 is 15.8 Å². The van der Waals surface area contributed by atoms with Gasteiger partial charge in [0.2, 0.25) is 0 Å². The highest BCUT2D eigenvalue weighted by atomic mass is 16.4. The second-order valence-corrected chi connectivity index (χ2v) is 4.96. The Morgan fingerprint density at radius 1 is 1.41 bits per heavy atom. The number of hydrogen-bond acceptors (Lipinski definition) is 3. The largest absolute Gasteiger partial charge is 0.409 e. The average molecular weight is 233 g/mol. The van der Waals surface area contributed by atoms with Gasteiger partial charge in [-0.05, 0) is 30.4 Å². The lowest BCUT2D eigenvalue weighted by atomic mass is 10.0. The minimum absolute atomic E-state index is 0.209. The summed E-state index contributed by atoms with van der Waals surface area (Å²) in [4.78, 5) is 2.23. The van der Waals surface area contributed by atoms with Crippen LogP contribution in [0.2, 0.25) is 0 Å². The molecule has 1 aliphatic carbocycles. The smallest absolute Gasteiger partial charge is 0.139 e. The first-order valence-corrected chi connectivity index (χ1v) is 5.88. The molecule has 17 heavy (non-hydrogen) atoms. The molecule has 0 heterocycles. The van der Waals surface area contributed by atoms with Crippen LogP contribution in [0.25, 0.3) is 0 Å². The molecule has 0 bridgehead atoms. The highest BCUT2D eigenvalue weighted by Gasteiger charge is 2.44. The van der Waals surface area contributed by atoms with Gasteiger partial charge in [0, 0.05) is 25.7 Å². The van der Waals surface area contributed by atoms with Gasteiger partial charge in [0.05, 0.1) is 0 Å². The SMILES string of the molecule is CN(CC1(CC(N)=NO)CC1)c1ccccc1. The summed E-state index contributed by atoms with van der Waals surface area (Å²) < 4.78 is 0. The summed E-state index contributed by atoms with van der Waals surface area (Å²) in [6.07, 6.45) is 2.99. The van der Waals surface area contributed by atoms with Crippen molar-refractivity contribution in [1.82, 2.24) is 0 Å². The third-order valence-electron chi connectivity index (χ3n) is 3.41. The standard InChI is InChI=1S/C13H19N3O/c1-16(11-5-3-2-4-6-11)10-13(7-8-13)9-12(14)15-17/h2-6,17H,7-10H2,1H3,(H2,14,15). The van der Waals surface area contributed by atoms with E-state index in [2.05, 4.69) is 29.2 Å². The topological polar surface area (TPSA) is 61.8 Å². The number of hydrogen-bond donors (Lipinski definition) is 2. The monoisotopic (exact) mass is 233 g/mol. The molecule has 1 fully saturated rings. The van der Waals surface area contributed by atoms with Crippen molar-refractivity contribution in [2.45, 2.75) is 19.3 Å². The molecule has 0 saturated heterocycles. The first-order chi connectivity index (χ1) is 8.15. The third-order valence-corrected chi connectivity index (χ3v) is 3.41. The van der Waals surface area contributed by atoms with E-state index in [9.17, 15) is 0 Å². The summed E-state index contributed by atoms with van der Waals surface area (Å²) in [6, 6.07) is 10.3. The Morgan fingerprint density at radius 3 is 2.59 bits per heavy atom. The molecule has 3 N–H and O–H groups in total. The van der Waals surface area contributed by atoms with E-state index >= 15 is 0 Å². The Bertz CT molecular complexity index is 398. The number of oxime groups is 1. The molecule has 1 aliphatic rings. The number of anilines is 1. The van der Waals surface area contributed by atoms with Gasteiger partial charge in [-0.1, -0.05) is 23.4 Å². The lowest BCUT2D eigenvalue weighted by Crippen LogP contribution is -2.30. The molecule has 1 aromatic rings. The van der Waals surface area contributed by atoms with E-state index in [-0.39, 0.29) is 5.41 Å². The minimum atomic E-state index is 0.209. The summed E-state index contributed by atoms with van der Waals surface area (Å²) in [5.41, 5.74) is 7.01. The van der Waals surface area contributed by atoms with Crippen molar-refractivity contribution >= 4 is 11.5 Å². The summed E-state index contributed by atoms with van der Waals surface area (Å²) >= 11 is 0. The molecule has 4 heteroatoms. The van der Waals surface area contributed by atoms with Crippen molar-refractivity contribution in [1.29, 1.82) is 0 Å². The summed E-state index contributed by atoms with van der Waals surface area (Å²) in [5, 5.41) is 11.7. The highest BCUT2D eigenvalue weighted by Crippen LogP contribution is 2.49. The van der Waals surface area contributed by atoms with Gasteiger partial charge in [0.15, 0.2) is 0 Å². The molecule has 1 saturated carbocycles. The first-order valence-electron chi connectivity index (χ1n) is 5.88. The van der Waals surface area contributed by atoms with Gasteiger partial charge in [-0.25, -0.2) is 0 Å². The lowest BCUT2D eigenvalue weighted by molar-refractivity contribution is 0.314. The number of nitrogens with two attached hydrogens (primary N) is 1. The molecular formula is C13H19N3O. The second kappa shape index (κ2) is 4.65. The molecule has 0 unspecified atom stereocenters. The summed E-state index contributed by atoms with van der Waals surface area (Å²) in [5.74, 6) is 0.337.